The minimum Gasteiger partial charge on any atom is -0.250 e. The molecule has 0 unspecified atom stereocenters. The van der Waals surface area contributed by atoms with E-state index in [2.05, 4.69) is 4.72 Å². The Morgan fingerprint density at radius 2 is 1.47 bits per heavy atom. The lowest BCUT2D eigenvalue weighted by Crippen LogP contribution is -2.25. The maximum Gasteiger partial charge on any atom is 0.240 e. The second-order valence-corrected chi connectivity index (χ2v) is 5.74. The van der Waals surface area contributed by atoms with E-state index in [1.165, 1.54) is 12.1 Å². The maximum absolute atomic E-state index is 12.0. The van der Waals surface area contributed by atoms with Crippen LogP contribution in [0.2, 0.25) is 0 Å². The molecule has 0 aromatic heterocycles. The average molecular weight is 279 g/mol. The molecule has 0 spiro atoms. The first-order valence-electron chi connectivity index (χ1n) is 5.84. The zero-order valence-corrected chi connectivity index (χ0v) is 11.0. The van der Waals surface area contributed by atoms with Gasteiger partial charge in [0.15, 0.2) is 0 Å². The van der Waals surface area contributed by atoms with Crippen LogP contribution in [-0.2, 0) is 10.0 Å². The molecule has 0 radical (unpaired) electrons. The van der Waals surface area contributed by atoms with E-state index in [1.807, 2.05) is 30.3 Å². The van der Waals surface area contributed by atoms with Gasteiger partial charge in [-0.1, -0.05) is 42.5 Å². The number of hydrogen-bond donors (Lipinski definition) is 1. The molecule has 100 valence electrons. The molecule has 2 aromatic carbocycles. The summed E-state index contributed by atoms with van der Waals surface area (Å²) < 4.78 is 37.7. The highest BCUT2D eigenvalue weighted by atomic mass is 32.2. The van der Waals surface area contributed by atoms with Crippen LogP contribution in [-0.4, -0.2) is 21.6 Å². The summed E-state index contributed by atoms with van der Waals surface area (Å²) in [6.07, 6.45) is 0. The van der Waals surface area contributed by atoms with E-state index >= 15 is 0 Å². The molecule has 0 fully saturated rings. The van der Waals surface area contributed by atoms with Gasteiger partial charge in [0.1, 0.15) is 6.67 Å². The normalized spacial score (nSPS) is 11.4. The van der Waals surface area contributed by atoms with Crippen LogP contribution in [0, 0.1) is 0 Å². The van der Waals surface area contributed by atoms with E-state index in [0.29, 0.717) is 0 Å². The monoisotopic (exact) mass is 279 g/mol. The van der Waals surface area contributed by atoms with Crippen molar-refractivity contribution in [2.45, 2.75) is 4.90 Å². The van der Waals surface area contributed by atoms with Crippen molar-refractivity contribution >= 4 is 10.0 Å². The molecule has 0 heterocycles. The number of alkyl halides is 1. The quantitative estimate of drug-likeness (QED) is 0.914. The van der Waals surface area contributed by atoms with Crippen LogP contribution >= 0.6 is 0 Å². The van der Waals surface area contributed by atoms with E-state index in [0.717, 1.165) is 11.1 Å². The predicted octanol–water partition coefficient (Wildman–Crippen LogP) is 2.60. The first-order valence-corrected chi connectivity index (χ1v) is 7.33. The van der Waals surface area contributed by atoms with Gasteiger partial charge in [-0.2, -0.15) is 0 Å². The SMILES string of the molecule is O=S(=O)(NCCF)c1ccc(-c2ccccc2)cc1. The van der Waals surface area contributed by atoms with Crippen LogP contribution in [0.4, 0.5) is 4.39 Å². The Morgan fingerprint density at radius 1 is 0.895 bits per heavy atom. The molecule has 0 aliphatic carbocycles. The largest absolute Gasteiger partial charge is 0.250 e. The molecule has 19 heavy (non-hydrogen) atoms. The molecule has 2 rings (SSSR count). The molecular weight excluding hydrogens is 265 g/mol. The van der Waals surface area contributed by atoms with Crippen molar-refractivity contribution in [1.82, 2.24) is 4.72 Å². The first kappa shape index (κ1) is 13.7. The van der Waals surface area contributed by atoms with Crippen molar-refractivity contribution in [2.75, 3.05) is 13.2 Å². The molecule has 0 aliphatic heterocycles. The van der Waals surface area contributed by atoms with Crippen molar-refractivity contribution in [3.8, 4) is 11.1 Å². The van der Waals surface area contributed by atoms with Gasteiger partial charge in [0, 0.05) is 6.54 Å². The predicted molar refractivity (Wildman–Crippen MR) is 73.0 cm³/mol. The smallest absolute Gasteiger partial charge is 0.240 e. The lowest BCUT2D eigenvalue weighted by molar-refractivity contribution is 0.486. The summed E-state index contributed by atoms with van der Waals surface area (Å²) in [7, 11) is -3.61. The lowest BCUT2D eigenvalue weighted by Gasteiger charge is -2.06. The molecule has 0 bridgehead atoms. The van der Waals surface area contributed by atoms with Gasteiger partial charge >= 0.3 is 0 Å². The van der Waals surface area contributed by atoms with E-state index in [4.69, 9.17) is 0 Å². The highest BCUT2D eigenvalue weighted by molar-refractivity contribution is 7.89. The summed E-state index contributed by atoms with van der Waals surface area (Å²) in [6.45, 7) is -0.926. The topological polar surface area (TPSA) is 46.2 Å². The van der Waals surface area contributed by atoms with Gasteiger partial charge in [0.25, 0.3) is 0 Å². The number of sulfonamides is 1. The number of rotatable bonds is 5. The van der Waals surface area contributed by atoms with E-state index in [9.17, 15) is 12.8 Å². The Hall–Kier alpha value is -1.72. The molecule has 0 atom stereocenters. The van der Waals surface area contributed by atoms with Crippen LogP contribution in [0.25, 0.3) is 11.1 Å². The van der Waals surface area contributed by atoms with Crippen molar-refractivity contribution in [3.63, 3.8) is 0 Å². The Kier molecular flexibility index (Phi) is 4.29. The molecule has 1 N–H and O–H groups in total. The molecule has 5 heteroatoms. The second kappa shape index (κ2) is 5.95. The molecule has 0 aliphatic rings. The van der Waals surface area contributed by atoms with Gasteiger partial charge in [-0.05, 0) is 23.3 Å². The minimum atomic E-state index is -3.61. The zero-order valence-electron chi connectivity index (χ0n) is 10.2. The van der Waals surface area contributed by atoms with Gasteiger partial charge in [-0.25, -0.2) is 17.5 Å². The van der Waals surface area contributed by atoms with Crippen LogP contribution in [0.5, 0.6) is 0 Å². The fourth-order valence-corrected chi connectivity index (χ4v) is 2.72. The van der Waals surface area contributed by atoms with Gasteiger partial charge < -0.3 is 0 Å². The average Bonchev–Trinajstić information content (AvgIpc) is 2.46. The van der Waals surface area contributed by atoms with Crippen molar-refractivity contribution in [3.05, 3.63) is 54.6 Å². The number of benzene rings is 2. The van der Waals surface area contributed by atoms with E-state index < -0.39 is 16.7 Å². The van der Waals surface area contributed by atoms with E-state index in [1.54, 1.807) is 12.1 Å². The summed E-state index contributed by atoms with van der Waals surface area (Å²) >= 11 is 0. The van der Waals surface area contributed by atoms with Gasteiger partial charge in [-0.3, -0.25) is 0 Å². The number of hydrogen-bond acceptors (Lipinski definition) is 2. The van der Waals surface area contributed by atoms with Crippen molar-refractivity contribution < 1.29 is 12.8 Å². The van der Waals surface area contributed by atoms with Crippen LogP contribution in [0.3, 0.4) is 0 Å². The maximum atomic E-state index is 12.0. The zero-order chi connectivity index (χ0) is 13.7. The minimum absolute atomic E-state index is 0.139. The molecule has 0 saturated heterocycles. The summed E-state index contributed by atoms with van der Waals surface area (Å²) in [5, 5.41) is 0. The first-order chi connectivity index (χ1) is 9.13. The molecular formula is C14H14FNO2S. The third-order valence-electron chi connectivity index (χ3n) is 2.66. The van der Waals surface area contributed by atoms with E-state index in [-0.39, 0.29) is 11.4 Å². The number of nitrogens with one attached hydrogen (secondary N) is 1. The fraction of sp³-hybridized carbons (Fsp3) is 0.143. The molecule has 0 saturated carbocycles. The standard InChI is InChI=1S/C14H14FNO2S/c15-10-11-16-19(17,18)14-8-6-13(7-9-14)12-4-2-1-3-5-12/h1-9,16H,10-11H2. The Bertz CT molecular complexity index is 624. The number of halogens is 1. The van der Waals surface area contributed by atoms with Crippen molar-refractivity contribution in [1.29, 1.82) is 0 Å². The van der Waals surface area contributed by atoms with Gasteiger partial charge in [0.2, 0.25) is 10.0 Å². The molecule has 2 aromatic rings. The van der Waals surface area contributed by atoms with Crippen LogP contribution in [0.1, 0.15) is 0 Å². The highest BCUT2D eigenvalue weighted by Crippen LogP contribution is 2.20. The van der Waals surface area contributed by atoms with Crippen LogP contribution < -0.4 is 4.72 Å². The third-order valence-corrected chi connectivity index (χ3v) is 4.14. The highest BCUT2D eigenvalue weighted by Gasteiger charge is 2.12. The Labute approximate surface area is 112 Å². The third kappa shape index (κ3) is 3.39. The fourth-order valence-electron chi connectivity index (χ4n) is 1.71. The molecule has 0 amide bonds. The van der Waals surface area contributed by atoms with Crippen LogP contribution in [0.15, 0.2) is 59.5 Å². The summed E-state index contributed by atoms with van der Waals surface area (Å²) in [4.78, 5) is 0.139. The summed E-state index contributed by atoms with van der Waals surface area (Å²) in [5.41, 5.74) is 1.95. The summed E-state index contributed by atoms with van der Waals surface area (Å²) in [6, 6.07) is 16.2. The Morgan fingerprint density at radius 3 is 2.05 bits per heavy atom. The molecule has 3 nitrogen and oxygen atoms in total. The Balaban J connectivity index is 2.24. The van der Waals surface area contributed by atoms with Gasteiger partial charge in [-0.15, -0.1) is 0 Å². The van der Waals surface area contributed by atoms with Gasteiger partial charge in [0.05, 0.1) is 4.90 Å². The summed E-state index contributed by atoms with van der Waals surface area (Å²) in [5.74, 6) is 0. The lowest BCUT2D eigenvalue weighted by atomic mass is 10.1. The second-order valence-electron chi connectivity index (χ2n) is 3.98. The van der Waals surface area contributed by atoms with Crippen molar-refractivity contribution in [2.24, 2.45) is 0 Å².